The van der Waals surface area contributed by atoms with Crippen LogP contribution in [0.2, 0.25) is 0 Å². The average molecular weight is 350 g/mol. The van der Waals surface area contributed by atoms with Crippen molar-refractivity contribution in [2.75, 3.05) is 0 Å². The number of rotatable bonds is 12. The molecule has 0 radical (unpaired) electrons. The van der Waals surface area contributed by atoms with Crippen molar-refractivity contribution in [3.8, 4) is 0 Å². The molecule has 1 aliphatic carbocycles. The fraction of sp³-hybridized carbons (Fsp3) is 0.700. The fourth-order valence-corrected chi connectivity index (χ4v) is 3.48. The highest BCUT2D eigenvalue weighted by Gasteiger charge is 2.60. The molecule has 0 aromatic rings. The lowest BCUT2D eigenvalue weighted by Crippen LogP contribution is -2.20. The Hall–Kier alpha value is -1.46. The SMILES string of the molecule is CCCCC[C@H](O)/C=C/[C@H]1[C@@H]2O[C@@H]2C(=O)[C@@H]1C/C=C/CCCC(=O)O. The van der Waals surface area contributed by atoms with Crippen LogP contribution < -0.4 is 0 Å². The Balaban J connectivity index is 1.79. The van der Waals surface area contributed by atoms with Crippen molar-refractivity contribution in [3.05, 3.63) is 24.3 Å². The minimum absolute atomic E-state index is 0.0167. The molecule has 1 aliphatic heterocycles. The first-order valence-corrected chi connectivity index (χ1v) is 9.47. The number of ether oxygens (including phenoxy) is 1. The van der Waals surface area contributed by atoms with E-state index in [1.807, 2.05) is 24.3 Å². The smallest absolute Gasteiger partial charge is 0.303 e. The molecule has 1 heterocycles. The molecule has 1 saturated heterocycles. The third-order valence-corrected chi connectivity index (χ3v) is 4.99. The number of hydrogen-bond acceptors (Lipinski definition) is 4. The first kappa shape index (κ1) is 19.9. The topological polar surface area (TPSA) is 87.1 Å². The van der Waals surface area contributed by atoms with Crippen LogP contribution in [0.5, 0.6) is 0 Å². The van der Waals surface area contributed by atoms with Crippen LogP contribution in [0.1, 0.15) is 58.3 Å². The second kappa shape index (κ2) is 9.88. The standard InChI is InChI=1S/C20H30O5/c1-2-3-6-9-14(21)12-13-16-15(18(24)20-19(16)25-20)10-7-4-5-8-11-17(22)23/h4,7,12-16,19-21H,2-3,5-6,8-11H2,1H3,(H,22,23)/b7-4+,13-12+/t14-,15+,16+,19-,20+/m0/s1. The molecule has 5 heteroatoms. The van der Waals surface area contributed by atoms with Crippen molar-refractivity contribution in [1.82, 2.24) is 0 Å². The van der Waals surface area contributed by atoms with Crippen molar-refractivity contribution in [2.45, 2.75) is 76.6 Å². The van der Waals surface area contributed by atoms with E-state index in [2.05, 4.69) is 6.92 Å². The van der Waals surface area contributed by atoms with Crippen LogP contribution in [0.25, 0.3) is 0 Å². The zero-order valence-corrected chi connectivity index (χ0v) is 15.0. The van der Waals surface area contributed by atoms with Gasteiger partial charge in [-0.25, -0.2) is 0 Å². The summed E-state index contributed by atoms with van der Waals surface area (Å²) in [5, 5.41) is 18.6. The van der Waals surface area contributed by atoms with Crippen LogP contribution in [0, 0.1) is 11.8 Å². The predicted molar refractivity (Wildman–Crippen MR) is 95.2 cm³/mol. The fourth-order valence-electron chi connectivity index (χ4n) is 3.48. The minimum Gasteiger partial charge on any atom is -0.481 e. The second-order valence-corrected chi connectivity index (χ2v) is 7.05. The lowest BCUT2D eigenvalue weighted by molar-refractivity contribution is -0.137. The maximum absolute atomic E-state index is 12.3. The summed E-state index contributed by atoms with van der Waals surface area (Å²) < 4.78 is 5.44. The predicted octanol–water partition coefficient (Wildman–Crippen LogP) is 3.27. The summed E-state index contributed by atoms with van der Waals surface area (Å²) in [4.78, 5) is 22.8. The minimum atomic E-state index is -0.778. The van der Waals surface area contributed by atoms with Crippen LogP contribution in [-0.2, 0) is 14.3 Å². The zero-order chi connectivity index (χ0) is 18.2. The van der Waals surface area contributed by atoms with E-state index in [0.717, 1.165) is 25.7 Å². The van der Waals surface area contributed by atoms with Crippen molar-refractivity contribution in [3.63, 3.8) is 0 Å². The lowest BCUT2D eigenvalue weighted by atomic mass is 9.90. The lowest BCUT2D eigenvalue weighted by Gasteiger charge is -2.16. The van der Waals surface area contributed by atoms with E-state index >= 15 is 0 Å². The number of carbonyl (C=O) groups is 2. The number of carbonyl (C=O) groups excluding carboxylic acids is 1. The van der Waals surface area contributed by atoms with Gasteiger partial charge in [-0.05, 0) is 25.7 Å². The summed E-state index contributed by atoms with van der Waals surface area (Å²) in [6.07, 6.45) is 13.2. The Kier molecular flexibility index (Phi) is 7.85. The van der Waals surface area contributed by atoms with Gasteiger partial charge in [-0.3, -0.25) is 9.59 Å². The number of unbranched alkanes of at least 4 members (excludes halogenated alkanes) is 3. The molecular weight excluding hydrogens is 320 g/mol. The molecule has 2 fully saturated rings. The molecular formula is C20H30O5. The van der Waals surface area contributed by atoms with Gasteiger partial charge in [-0.1, -0.05) is 50.5 Å². The molecule has 5 atom stereocenters. The number of hydrogen-bond donors (Lipinski definition) is 2. The third-order valence-electron chi connectivity index (χ3n) is 4.99. The van der Waals surface area contributed by atoms with Gasteiger partial charge in [-0.15, -0.1) is 0 Å². The van der Waals surface area contributed by atoms with Crippen LogP contribution >= 0.6 is 0 Å². The number of aliphatic hydroxyl groups is 1. The van der Waals surface area contributed by atoms with E-state index < -0.39 is 12.1 Å². The monoisotopic (exact) mass is 350 g/mol. The Bertz CT molecular complexity index is 510. The van der Waals surface area contributed by atoms with Crippen molar-refractivity contribution >= 4 is 11.8 Å². The van der Waals surface area contributed by atoms with Gasteiger partial charge in [0.1, 0.15) is 6.10 Å². The number of fused-ring (bicyclic) bond motifs is 1. The molecule has 140 valence electrons. The quantitative estimate of drug-likeness (QED) is 0.320. The van der Waals surface area contributed by atoms with E-state index in [-0.39, 0.29) is 36.2 Å². The molecule has 0 unspecified atom stereocenters. The molecule has 0 aromatic heterocycles. The Morgan fingerprint density at radius 2 is 2.08 bits per heavy atom. The van der Waals surface area contributed by atoms with Gasteiger partial charge in [0.15, 0.2) is 5.78 Å². The summed E-state index contributed by atoms with van der Waals surface area (Å²) in [7, 11) is 0. The van der Waals surface area contributed by atoms with E-state index in [0.29, 0.717) is 19.3 Å². The van der Waals surface area contributed by atoms with Crippen LogP contribution in [-0.4, -0.2) is 40.3 Å². The number of epoxide rings is 1. The Morgan fingerprint density at radius 3 is 2.80 bits per heavy atom. The number of aliphatic carboxylic acids is 1. The van der Waals surface area contributed by atoms with E-state index in [9.17, 15) is 14.7 Å². The summed E-state index contributed by atoms with van der Waals surface area (Å²) in [6.45, 7) is 2.14. The maximum Gasteiger partial charge on any atom is 0.303 e. The number of allylic oxidation sites excluding steroid dienone is 2. The first-order chi connectivity index (χ1) is 12.0. The van der Waals surface area contributed by atoms with E-state index in [1.54, 1.807) is 0 Å². The summed E-state index contributed by atoms with van der Waals surface area (Å²) in [6, 6.07) is 0. The Morgan fingerprint density at radius 1 is 1.28 bits per heavy atom. The molecule has 0 spiro atoms. The summed E-state index contributed by atoms with van der Waals surface area (Å²) in [5.41, 5.74) is 0. The van der Waals surface area contributed by atoms with Crippen LogP contribution in [0.4, 0.5) is 0 Å². The molecule has 5 nitrogen and oxygen atoms in total. The Labute approximate surface area is 149 Å². The molecule has 0 amide bonds. The largest absolute Gasteiger partial charge is 0.481 e. The molecule has 1 saturated carbocycles. The molecule has 2 aliphatic rings. The number of carboxylic acids is 1. The normalized spacial score (nSPS) is 29.4. The molecule has 25 heavy (non-hydrogen) atoms. The number of aliphatic hydroxyl groups excluding tert-OH is 1. The van der Waals surface area contributed by atoms with Gasteiger partial charge >= 0.3 is 5.97 Å². The van der Waals surface area contributed by atoms with E-state index in [4.69, 9.17) is 9.84 Å². The average Bonchev–Trinajstić information content (AvgIpc) is 3.31. The molecule has 2 N–H and O–H groups in total. The van der Waals surface area contributed by atoms with Crippen LogP contribution in [0.15, 0.2) is 24.3 Å². The van der Waals surface area contributed by atoms with Gasteiger partial charge in [0.05, 0.1) is 12.2 Å². The number of ketones is 1. The van der Waals surface area contributed by atoms with Gasteiger partial charge in [0.25, 0.3) is 0 Å². The third kappa shape index (κ3) is 6.08. The van der Waals surface area contributed by atoms with Crippen molar-refractivity contribution < 1.29 is 24.5 Å². The van der Waals surface area contributed by atoms with E-state index in [1.165, 1.54) is 0 Å². The van der Waals surface area contributed by atoms with Gasteiger partial charge < -0.3 is 14.9 Å². The highest BCUT2D eigenvalue weighted by atomic mass is 16.6. The second-order valence-electron chi connectivity index (χ2n) is 7.05. The molecule has 2 rings (SSSR count). The molecule has 0 bridgehead atoms. The summed E-state index contributed by atoms with van der Waals surface area (Å²) in [5.74, 6) is -0.657. The number of Topliss-reactive ketones (excluding diaryl/α,β-unsaturated/α-hetero) is 1. The first-order valence-electron chi connectivity index (χ1n) is 9.47. The molecule has 0 aromatic carbocycles. The van der Waals surface area contributed by atoms with Gasteiger partial charge in [0.2, 0.25) is 0 Å². The van der Waals surface area contributed by atoms with Crippen LogP contribution in [0.3, 0.4) is 0 Å². The highest BCUT2D eigenvalue weighted by Crippen LogP contribution is 2.46. The van der Waals surface area contributed by atoms with Crippen molar-refractivity contribution in [2.24, 2.45) is 11.8 Å². The summed E-state index contributed by atoms with van der Waals surface area (Å²) >= 11 is 0. The zero-order valence-electron chi connectivity index (χ0n) is 15.0. The maximum atomic E-state index is 12.3. The van der Waals surface area contributed by atoms with Gasteiger partial charge in [-0.2, -0.15) is 0 Å². The number of carboxylic acid groups (broad SMARTS) is 1. The highest BCUT2D eigenvalue weighted by molar-refractivity contribution is 5.92. The van der Waals surface area contributed by atoms with Crippen molar-refractivity contribution in [1.29, 1.82) is 0 Å². The van der Waals surface area contributed by atoms with Gasteiger partial charge in [0, 0.05) is 18.3 Å².